The molecule has 0 N–H and O–H groups in total. The first-order valence-corrected chi connectivity index (χ1v) is 6.77. The molecule has 1 heterocycles. The van der Waals surface area contributed by atoms with Gasteiger partial charge in [-0.1, -0.05) is 48.5 Å². The molecule has 3 heteroatoms. The third-order valence-electron chi connectivity index (χ3n) is 3.54. The maximum atomic E-state index is 5.22. The number of nitrogens with zero attached hydrogens (tertiary/aromatic N) is 2. The van der Waals surface area contributed by atoms with E-state index in [9.17, 15) is 0 Å². The summed E-state index contributed by atoms with van der Waals surface area (Å²) >= 11 is 0. The first-order valence-electron chi connectivity index (χ1n) is 6.77. The SMILES string of the molecule is C(=NN=C1c2ccccc2-c2ccccc21)c1ccco1. The van der Waals surface area contributed by atoms with Crippen molar-refractivity contribution in [2.75, 3.05) is 0 Å². The maximum absolute atomic E-state index is 5.22. The average molecular weight is 272 g/mol. The molecule has 0 aliphatic heterocycles. The van der Waals surface area contributed by atoms with E-state index in [-0.39, 0.29) is 0 Å². The van der Waals surface area contributed by atoms with E-state index < -0.39 is 0 Å². The fourth-order valence-electron chi connectivity index (χ4n) is 2.61. The van der Waals surface area contributed by atoms with Crippen LogP contribution < -0.4 is 0 Å². The van der Waals surface area contributed by atoms with Gasteiger partial charge in [0.25, 0.3) is 0 Å². The van der Waals surface area contributed by atoms with E-state index in [1.165, 1.54) is 11.1 Å². The van der Waals surface area contributed by atoms with Crippen LogP contribution in [0.25, 0.3) is 11.1 Å². The monoisotopic (exact) mass is 272 g/mol. The maximum Gasteiger partial charge on any atom is 0.146 e. The lowest BCUT2D eigenvalue weighted by molar-refractivity contribution is 0.560. The number of furan rings is 1. The third kappa shape index (κ3) is 1.99. The van der Waals surface area contributed by atoms with Crippen molar-refractivity contribution in [1.82, 2.24) is 0 Å². The Morgan fingerprint density at radius 2 is 1.33 bits per heavy atom. The molecule has 1 aliphatic carbocycles. The number of fused-ring (bicyclic) bond motifs is 3. The summed E-state index contributed by atoms with van der Waals surface area (Å²) in [6.45, 7) is 0. The van der Waals surface area contributed by atoms with Gasteiger partial charge in [0, 0.05) is 11.1 Å². The molecule has 0 atom stereocenters. The van der Waals surface area contributed by atoms with Gasteiger partial charge in [-0.15, -0.1) is 5.10 Å². The highest BCUT2D eigenvalue weighted by Gasteiger charge is 2.23. The van der Waals surface area contributed by atoms with Crippen molar-refractivity contribution in [1.29, 1.82) is 0 Å². The lowest BCUT2D eigenvalue weighted by atomic mass is 10.1. The minimum Gasteiger partial charge on any atom is -0.463 e. The topological polar surface area (TPSA) is 37.9 Å². The molecule has 0 bridgehead atoms. The number of rotatable bonds is 2. The Bertz CT molecular complexity index is 798. The summed E-state index contributed by atoms with van der Waals surface area (Å²) in [7, 11) is 0. The van der Waals surface area contributed by atoms with Crippen molar-refractivity contribution in [2.24, 2.45) is 10.2 Å². The van der Waals surface area contributed by atoms with Crippen molar-refractivity contribution in [3.05, 3.63) is 83.8 Å². The van der Waals surface area contributed by atoms with E-state index in [0.29, 0.717) is 5.76 Å². The first-order chi connectivity index (χ1) is 10.4. The quantitative estimate of drug-likeness (QED) is 0.399. The van der Waals surface area contributed by atoms with Crippen molar-refractivity contribution in [3.63, 3.8) is 0 Å². The van der Waals surface area contributed by atoms with Crippen LogP contribution in [0.4, 0.5) is 0 Å². The normalized spacial score (nSPS) is 12.5. The van der Waals surface area contributed by atoms with Crippen LogP contribution in [0, 0.1) is 0 Å². The van der Waals surface area contributed by atoms with E-state index >= 15 is 0 Å². The van der Waals surface area contributed by atoms with Gasteiger partial charge in [-0.3, -0.25) is 0 Å². The van der Waals surface area contributed by atoms with E-state index in [1.54, 1.807) is 12.5 Å². The molecule has 1 aromatic heterocycles. The van der Waals surface area contributed by atoms with Crippen LogP contribution >= 0.6 is 0 Å². The summed E-state index contributed by atoms with van der Waals surface area (Å²) in [5, 5.41) is 8.57. The Hall–Kier alpha value is -2.94. The van der Waals surface area contributed by atoms with Crippen LogP contribution in [0.2, 0.25) is 0 Å². The molecule has 100 valence electrons. The minimum absolute atomic E-state index is 0.693. The Labute approximate surface area is 122 Å². The molecule has 21 heavy (non-hydrogen) atoms. The van der Waals surface area contributed by atoms with E-state index in [2.05, 4.69) is 34.5 Å². The summed E-state index contributed by atoms with van der Waals surface area (Å²) in [6.07, 6.45) is 3.24. The van der Waals surface area contributed by atoms with Gasteiger partial charge in [-0.25, -0.2) is 0 Å². The van der Waals surface area contributed by atoms with Gasteiger partial charge in [-0.05, 0) is 23.3 Å². The predicted octanol–water partition coefficient (Wildman–Crippen LogP) is 4.13. The second-order valence-electron chi connectivity index (χ2n) is 4.80. The van der Waals surface area contributed by atoms with E-state index in [1.807, 2.05) is 36.4 Å². The molecular weight excluding hydrogens is 260 g/mol. The highest BCUT2D eigenvalue weighted by Crippen LogP contribution is 2.36. The molecule has 0 fully saturated rings. The summed E-state index contributed by atoms with van der Waals surface area (Å²) in [5.41, 5.74) is 5.56. The summed E-state index contributed by atoms with van der Waals surface area (Å²) in [5.74, 6) is 0.693. The molecule has 2 aromatic carbocycles. The molecule has 0 unspecified atom stereocenters. The zero-order valence-electron chi connectivity index (χ0n) is 11.2. The molecule has 0 radical (unpaired) electrons. The lowest BCUT2D eigenvalue weighted by Crippen LogP contribution is -1.96. The summed E-state index contributed by atoms with van der Waals surface area (Å²) in [4.78, 5) is 0. The van der Waals surface area contributed by atoms with Crippen molar-refractivity contribution in [3.8, 4) is 11.1 Å². The second-order valence-corrected chi connectivity index (χ2v) is 4.80. The number of benzene rings is 2. The third-order valence-corrected chi connectivity index (χ3v) is 3.54. The van der Waals surface area contributed by atoms with E-state index in [0.717, 1.165) is 16.8 Å². The number of hydrogen-bond donors (Lipinski definition) is 0. The average Bonchev–Trinajstić information content (AvgIpc) is 3.15. The van der Waals surface area contributed by atoms with Crippen molar-refractivity contribution >= 4 is 11.9 Å². The van der Waals surface area contributed by atoms with Crippen LogP contribution in [0.5, 0.6) is 0 Å². The highest BCUT2D eigenvalue weighted by atomic mass is 16.3. The fourth-order valence-corrected chi connectivity index (χ4v) is 2.61. The first kappa shape index (κ1) is 11.9. The predicted molar refractivity (Wildman–Crippen MR) is 83.8 cm³/mol. The molecule has 4 rings (SSSR count). The standard InChI is InChI=1S/C18H12N2O/c1-3-9-16-14(7-1)15-8-2-4-10-17(15)18(16)20-19-12-13-6-5-11-21-13/h1-12H. The van der Waals surface area contributed by atoms with Gasteiger partial charge < -0.3 is 4.42 Å². The summed E-state index contributed by atoms with van der Waals surface area (Å²) in [6, 6.07) is 20.2. The van der Waals surface area contributed by atoms with Crippen molar-refractivity contribution < 1.29 is 4.42 Å². The lowest BCUT2D eigenvalue weighted by Gasteiger charge is -1.97. The van der Waals surface area contributed by atoms with Gasteiger partial charge in [0.1, 0.15) is 11.5 Å². The highest BCUT2D eigenvalue weighted by molar-refractivity contribution is 6.24. The van der Waals surface area contributed by atoms with Crippen LogP contribution in [0.3, 0.4) is 0 Å². The van der Waals surface area contributed by atoms with Crippen LogP contribution in [-0.2, 0) is 0 Å². The van der Waals surface area contributed by atoms with Gasteiger partial charge in [0.05, 0.1) is 12.5 Å². The van der Waals surface area contributed by atoms with E-state index in [4.69, 9.17) is 4.42 Å². The van der Waals surface area contributed by atoms with Crippen LogP contribution in [0.1, 0.15) is 16.9 Å². The molecule has 1 aliphatic rings. The molecule has 0 saturated carbocycles. The summed E-state index contributed by atoms with van der Waals surface area (Å²) < 4.78 is 5.22. The minimum atomic E-state index is 0.693. The zero-order valence-corrected chi connectivity index (χ0v) is 11.2. The molecule has 3 aromatic rings. The Kier molecular flexibility index (Phi) is 2.75. The molecular formula is C18H12N2O. The van der Waals surface area contributed by atoms with Gasteiger partial charge in [0.15, 0.2) is 0 Å². The van der Waals surface area contributed by atoms with Crippen molar-refractivity contribution in [2.45, 2.75) is 0 Å². The Balaban J connectivity index is 1.81. The van der Waals surface area contributed by atoms with Gasteiger partial charge in [-0.2, -0.15) is 5.10 Å². The molecule has 3 nitrogen and oxygen atoms in total. The zero-order chi connectivity index (χ0) is 14.1. The van der Waals surface area contributed by atoms with Gasteiger partial charge >= 0.3 is 0 Å². The second kappa shape index (κ2) is 4.87. The van der Waals surface area contributed by atoms with Crippen LogP contribution in [-0.4, -0.2) is 11.9 Å². The van der Waals surface area contributed by atoms with Gasteiger partial charge in [0.2, 0.25) is 0 Å². The Morgan fingerprint density at radius 1 is 0.714 bits per heavy atom. The molecule has 0 saturated heterocycles. The smallest absolute Gasteiger partial charge is 0.146 e. The number of hydrogen-bond acceptors (Lipinski definition) is 3. The fraction of sp³-hybridized carbons (Fsp3) is 0. The Morgan fingerprint density at radius 3 is 1.90 bits per heavy atom. The molecule has 0 spiro atoms. The van der Waals surface area contributed by atoms with Crippen LogP contribution in [0.15, 0.2) is 81.5 Å². The largest absolute Gasteiger partial charge is 0.463 e. The molecule has 0 amide bonds.